The molecule has 0 saturated heterocycles. The topological polar surface area (TPSA) is 54.0 Å². The number of hydrogen-bond donors (Lipinski definition) is 0. The van der Waals surface area contributed by atoms with Gasteiger partial charge in [0.05, 0.1) is 7.11 Å². The van der Waals surface area contributed by atoms with E-state index in [1.165, 1.54) is 7.11 Å². The van der Waals surface area contributed by atoms with Crippen LogP contribution in [0.2, 0.25) is 0 Å². The van der Waals surface area contributed by atoms with Gasteiger partial charge in [0.15, 0.2) is 5.79 Å². The van der Waals surface area contributed by atoms with Gasteiger partial charge in [0.25, 0.3) is 0 Å². The third kappa shape index (κ3) is 5.25. The van der Waals surface area contributed by atoms with Crippen LogP contribution in [-0.2, 0) is 24.0 Å². The molecular weight excluding hydrogens is 212 g/mol. The third-order valence-corrected chi connectivity index (χ3v) is 1.82. The van der Waals surface area contributed by atoms with Crippen molar-refractivity contribution in [2.45, 2.75) is 33.5 Å². The molecular formula is C11H20O5. The van der Waals surface area contributed by atoms with E-state index in [4.69, 9.17) is 9.47 Å². The van der Waals surface area contributed by atoms with E-state index < -0.39 is 11.8 Å². The molecule has 0 atom stereocenters. The van der Waals surface area contributed by atoms with Gasteiger partial charge in [-0.15, -0.1) is 0 Å². The van der Waals surface area contributed by atoms with E-state index in [1.54, 1.807) is 19.9 Å². The van der Waals surface area contributed by atoms with Crippen LogP contribution in [0.1, 0.15) is 27.7 Å². The summed E-state index contributed by atoms with van der Waals surface area (Å²) in [5.74, 6) is -1.48. The van der Waals surface area contributed by atoms with E-state index in [0.717, 1.165) is 0 Å². The minimum Gasteiger partial charge on any atom is -0.347 e. The Labute approximate surface area is 96.2 Å². The van der Waals surface area contributed by atoms with Crippen molar-refractivity contribution in [1.29, 1.82) is 0 Å². The van der Waals surface area contributed by atoms with Crippen LogP contribution in [0.4, 0.5) is 0 Å². The normalized spacial score (nSPS) is 12.7. The molecule has 0 aromatic rings. The van der Waals surface area contributed by atoms with Gasteiger partial charge in [-0.3, -0.25) is 4.89 Å². The Kier molecular flexibility index (Phi) is 6.96. The monoisotopic (exact) mass is 232 g/mol. The second-order valence-electron chi connectivity index (χ2n) is 3.25. The van der Waals surface area contributed by atoms with Gasteiger partial charge in [-0.05, 0) is 33.8 Å². The summed E-state index contributed by atoms with van der Waals surface area (Å²) in [6, 6.07) is 0. The van der Waals surface area contributed by atoms with Gasteiger partial charge >= 0.3 is 5.97 Å². The highest BCUT2D eigenvalue weighted by Crippen LogP contribution is 2.17. The summed E-state index contributed by atoms with van der Waals surface area (Å²) in [5, 5.41) is 0. The molecule has 0 N–H and O–H groups in total. The molecule has 0 aliphatic heterocycles. The number of hydrogen-bond acceptors (Lipinski definition) is 5. The molecule has 16 heavy (non-hydrogen) atoms. The van der Waals surface area contributed by atoms with Crippen LogP contribution in [0.5, 0.6) is 0 Å². The molecule has 0 unspecified atom stereocenters. The fourth-order valence-corrected chi connectivity index (χ4v) is 1.29. The van der Waals surface area contributed by atoms with Crippen LogP contribution < -0.4 is 0 Å². The Hall–Kier alpha value is -0.910. The van der Waals surface area contributed by atoms with Crippen molar-refractivity contribution in [2.75, 3.05) is 20.3 Å². The van der Waals surface area contributed by atoms with Crippen molar-refractivity contribution in [3.05, 3.63) is 11.6 Å². The highest BCUT2D eigenvalue weighted by Gasteiger charge is 2.24. The van der Waals surface area contributed by atoms with E-state index in [-0.39, 0.29) is 0 Å². The number of rotatable bonds is 7. The van der Waals surface area contributed by atoms with Gasteiger partial charge in [-0.2, -0.15) is 4.89 Å². The zero-order valence-corrected chi connectivity index (χ0v) is 10.5. The summed E-state index contributed by atoms with van der Waals surface area (Å²) in [6.07, 6.45) is 1.57. The van der Waals surface area contributed by atoms with Gasteiger partial charge in [-0.25, -0.2) is 4.79 Å². The van der Waals surface area contributed by atoms with Crippen molar-refractivity contribution >= 4 is 5.97 Å². The molecule has 5 nitrogen and oxygen atoms in total. The number of carbonyl (C=O) groups is 1. The van der Waals surface area contributed by atoms with Gasteiger partial charge in [-0.1, -0.05) is 0 Å². The first-order valence-electron chi connectivity index (χ1n) is 5.21. The van der Waals surface area contributed by atoms with Crippen LogP contribution in [-0.4, -0.2) is 32.1 Å². The average Bonchev–Trinajstić information content (AvgIpc) is 2.18. The maximum Gasteiger partial charge on any atom is 0.368 e. The lowest BCUT2D eigenvalue weighted by molar-refractivity contribution is -0.251. The molecule has 0 rings (SSSR count). The summed E-state index contributed by atoms with van der Waals surface area (Å²) in [6.45, 7) is 8.03. The predicted octanol–water partition coefficient (Wildman–Crippen LogP) is 1.83. The average molecular weight is 232 g/mol. The Balaban J connectivity index is 4.68. The second-order valence-corrected chi connectivity index (χ2v) is 3.25. The molecule has 0 saturated carbocycles. The first-order chi connectivity index (χ1) is 7.49. The summed E-state index contributed by atoms with van der Waals surface area (Å²) >= 11 is 0. The van der Waals surface area contributed by atoms with Crippen molar-refractivity contribution in [3.63, 3.8) is 0 Å². The Morgan fingerprint density at radius 3 is 2.12 bits per heavy atom. The Bertz CT molecular complexity index is 241. The van der Waals surface area contributed by atoms with Crippen molar-refractivity contribution < 1.29 is 24.0 Å². The summed E-state index contributed by atoms with van der Waals surface area (Å²) in [4.78, 5) is 20.0. The van der Waals surface area contributed by atoms with Crippen LogP contribution in [0.25, 0.3) is 0 Å². The molecule has 0 aromatic heterocycles. The lowest BCUT2D eigenvalue weighted by atomic mass is 10.2. The fourth-order valence-electron chi connectivity index (χ4n) is 1.29. The molecule has 0 bridgehead atoms. The first-order valence-corrected chi connectivity index (χ1v) is 5.21. The quantitative estimate of drug-likeness (QED) is 0.290. The summed E-state index contributed by atoms with van der Waals surface area (Å²) in [7, 11) is 1.27. The second kappa shape index (κ2) is 7.38. The maximum absolute atomic E-state index is 11.3. The molecule has 0 amide bonds. The zero-order valence-electron chi connectivity index (χ0n) is 10.5. The minimum atomic E-state index is -0.916. The molecule has 0 aliphatic rings. The Morgan fingerprint density at radius 2 is 1.75 bits per heavy atom. The standard InChI is InChI=1S/C11H20O5/c1-6-14-11(4,15-7-2)8-9(3)10(12)16-13-5/h8H,6-7H2,1-5H3. The molecule has 0 fully saturated rings. The van der Waals surface area contributed by atoms with E-state index in [1.807, 2.05) is 13.8 Å². The smallest absolute Gasteiger partial charge is 0.347 e. The van der Waals surface area contributed by atoms with E-state index in [0.29, 0.717) is 18.8 Å². The van der Waals surface area contributed by atoms with Crippen LogP contribution in [0.3, 0.4) is 0 Å². The lowest BCUT2D eigenvalue weighted by Gasteiger charge is -2.26. The zero-order chi connectivity index (χ0) is 12.6. The molecule has 0 heterocycles. The van der Waals surface area contributed by atoms with Crippen molar-refractivity contribution in [1.82, 2.24) is 0 Å². The molecule has 0 spiro atoms. The van der Waals surface area contributed by atoms with Gasteiger partial charge in [0, 0.05) is 18.8 Å². The Morgan fingerprint density at radius 1 is 1.25 bits per heavy atom. The highest BCUT2D eigenvalue weighted by atomic mass is 17.2. The lowest BCUT2D eigenvalue weighted by Crippen LogP contribution is -2.31. The number of ether oxygens (including phenoxy) is 2. The number of carbonyl (C=O) groups excluding carboxylic acids is 1. The summed E-state index contributed by atoms with van der Waals surface area (Å²) < 4.78 is 10.8. The minimum absolute atomic E-state index is 0.367. The fraction of sp³-hybridized carbons (Fsp3) is 0.727. The van der Waals surface area contributed by atoms with Crippen molar-refractivity contribution in [2.24, 2.45) is 0 Å². The molecule has 5 heteroatoms. The van der Waals surface area contributed by atoms with Crippen LogP contribution in [0.15, 0.2) is 11.6 Å². The summed E-state index contributed by atoms with van der Waals surface area (Å²) in [5.41, 5.74) is 0.367. The van der Waals surface area contributed by atoms with Gasteiger partial charge < -0.3 is 9.47 Å². The SMILES string of the molecule is CCOC(C)(C=C(C)C(=O)OOC)OCC. The highest BCUT2D eigenvalue weighted by molar-refractivity contribution is 5.87. The first kappa shape index (κ1) is 15.1. The molecule has 0 aromatic carbocycles. The molecule has 94 valence electrons. The van der Waals surface area contributed by atoms with Crippen LogP contribution in [0, 0.1) is 0 Å². The van der Waals surface area contributed by atoms with E-state index in [2.05, 4.69) is 9.78 Å². The molecule has 0 radical (unpaired) electrons. The van der Waals surface area contributed by atoms with E-state index >= 15 is 0 Å². The van der Waals surface area contributed by atoms with Gasteiger partial charge in [0.2, 0.25) is 0 Å². The largest absolute Gasteiger partial charge is 0.368 e. The van der Waals surface area contributed by atoms with E-state index in [9.17, 15) is 4.79 Å². The predicted molar refractivity (Wildman–Crippen MR) is 58.5 cm³/mol. The van der Waals surface area contributed by atoms with Gasteiger partial charge in [0.1, 0.15) is 0 Å². The molecule has 0 aliphatic carbocycles. The third-order valence-electron chi connectivity index (χ3n) is 1.82. The maximum atomic E-state index is 11.3. The van der Waals surface area contributed by atoms with Crippen LogP contribution >= 0.6 is 0 Å². The van der Waals surface area contributed by atoms with Crippen molar-refractivity contribution in [3.8, 4) is 0 Å².